The fourth-order valence-corrected chi connectivity index (χ4v) is 1.86. The maximum atomic E-state index is 11.4. The Bertz CT molecular complexity index is 442. The average Bonchev–Trinajstić information content (AvgIpc) is 2.28. The van der Waals surface area contributed by atoms with Crippen LogP contribution in [0.1, 0.15) is 26.3 Å². The highest BCUT2D eigenvalue weighted by Crippen LogP contribution is 2.21. The van der Waals surface area contributed by atoms with Gasteiger partial charge in [0, 0.05) is 16.6 Å². The van der Waals surface area contributed by atoms with Gasteiger partial charge in [0.1, 0.15) is 0 Å². The van der Waals surface area contributed by atoms with Crippen LogP contribution in [0, 0.1) is 5.41 Å². The topological polar surface area (TPSA) is 38.3 Å². The summed E-state index contributed by atoms with van der Waals surface area (Å²) in [5.74, 6) is 0. The molecule has 0 unspecified atom stereocenters. The number of rotatable bonds is 4. The van der Waals surface area contributed by atoms with Crippen molar-refractivity contribution >= 4 is 29.3 Å². The molecule has 19 heavy (non-hydrogen) atoms. The van der Waals surface area contributed by atoms with E-state index in [1.54, 1.807) is 12.1 Å². The van der Waals surface area contributed by atoms with Crippen molar-refractivity contribution in [1.29, 1.82) is 0 Å². The summed E-state index contributed by atoms with van der Waals surface area (Å²) in [6.07, 6.45) is 0.237. The molecule has 1 aromatic carbocycles. The molecule has 0 saturated carbocycles. The van der Waals surface area contributed by atoms with Crippen molar-refractivity contribution in [2.75, 3.05) is 13.2 Å². The number of benzene rings is 1. The van der Waals surface area contributed by atoms with Gasteiger partial charge in [0.15, 0.2) is 0 Å². The monoisotopic (exact) mass is 303 g/mol. The van der Waals surface area contributed by atoms with Gasteiger partial charge in [0.05, 0.1) is 6.61 Å². The first-order valence-electron chi connectivity index (χ1n) is 6.12. The Morgan fingerprint density at radius 3 is 2.58 bits per heavy atom. The van der Waals surface area contributed by atoms with E-state index >= 15 is 0 Å². The predicted octanol–water partition coefficient (Wildman–Crippen LogP) is 4.31. The van der Waals surface area contributed by atoms with Crippen molar-refractivity contribution in [2.24, 2.45) is 5.41 Å². The Labute approximate surface area is 124 Å². The van der Waals surface area contributed by atoms with Crippen LogP contribution < -0.4 is 5.32 Å². The molecule has 0 heterocycles. The van der Waals surface area contributed by atoms with E-state index in [-0.39, 0.29) is 5.41 Å². The van der Waals surface area contributed by atoms with Crippen LogP contribution in [0.15, 0.2) is 18.2 Å². The van der Waals surface area contributed by atoms with E-state index in [2.05, 4.69) is 5.32 Å². The van der Waals surface area contributed by atoms with Gasteiger partial charge in [-0.1, -0.05) is 50.0 Å². The van der Waals surface area contributed by atoms with Crippen molar-refractivity contribution in [3.8, 4) is 0 Å². The van der Waals surface area contributed by atoms with E-state index in [1.165, 1.54) is 0 Å². The Morgan fingerprint density at radius 2 is 2.00 bits per heavy atom. The summed E-state index contributed by atoms with van der Waals surface area (Å²) in [4.78, 5) is 11.4. The first-order valence-corrected chi connectivity index (χ1v) is 6.88. The highest BCUT2D eigenvalue weighted by Gasteiger charge is 2.13. The number of hydrogen-bond acceptors (Lipinski definition) is 2. The number of hydrogen-bond donors (Lipinski definition) is 1. The van der Waals surface area contributed by atoms with Gasteiger partial charge in [-0.3, -0.25) is 0 Å². The Hall–Kier alpha value is -0.930. The summed E-state index contributed by atoms with van der Waals surface area (Å²) in [5, 5.41) is 3.90. The third kappa shape index (κ3) is 6.69. The standard InChI is InChI=1S/C14H19Cl2NO2/c1-14(2,3)9-19-13(18)17-7-6-10-4-5-11(15)8-12(10)16/h4-5,8H,6-7,9H2,1-3H3,(H,17,18). The summed E-state index contributed by atoms with van der Waals surface area (Å²) < 4.78 is 5.09. The minimum Gasteiger partial charge on any atom is -0.449 e. The molecule has 1 amide bonds. The summed E-state index contributed by atoms with van der Waals surface area (Å²) in [6.45, 7) is 6.89. The zero-order valence-electron chi connectivity index (χ0n) is 11.4. The van der Waals surface area contributed by atoms with Crippen LogP contribution in [0.4, 0.5) is 4.79 Å². The molecule has 3 nitrogen and oxygen atoms in total. The predicted molar refractivity (Wildman–Crippen MR) is 79.0 cm³/mol. The summed E-state index contributed by atoms with van der Waals surface area (Å²) >= 11 is 11.8. The molecule has 0 atom stereocenters. The van der Waals surface area contributed by atoms with Gasteiger partial charge in [-0.25, -0.2) is 4.79 Å². The molecule has 0 aromatic heterocycles. The van der Waals surface area contributed by atoms with Crippen LogP contribution in [-0.4, -0.2) is 19.2 Å². The van der Waals surface area contributed by atoms with E-state index in [0.717, 1.165) is 5.56 Å². The Balaban J connectivity index is 2.32. The molecule has 0 aliphatic carbocycles. The number of amides is 1. The number of alkyl carbamates (subject to hydrolysis) is 1. The molecule has 1 rings (SSSR count). The van der Waals surface area contributed by atoms with Crippen LogP contribution in [0.5, 0.6) is 0 Å². The number of halogens is 2. The molecule has 5 heteroatoms. The van der Waals surface area contributed by atoms with E-state index in [0.29, 0.717) is 29.6 Å². The maximum absolute atomic E-state index is 11.4. The summed E-state index contributed by atoms with van der Waals surface area (Å²) in [7, 11) is 0. The third-order valence-corrected chi connectivity index (χ3v) is 2.90. The molecule has 106 valence electrons. The fourth-order valence-electron chi connectivity index (χ4n) is 1.36. The van der Waals surface area contributed by atoms with E-state index in [9.17, 15) is 4.79 Å². The van der Waals surface area contributed by atoms with E-state index < -0.39 is 6.09 Å². The number of ether oxygens (including phenoxy) is 1. The van der Waals surface area contributed by atoms with Crippen molar-refractivity contribution in [1.82, 2.24) is 5.32 Å². The second-order valence-corrected chi connectivity index (χ2v) is 6.39. The zero-order valence-corrected chi connectivity index (χ0v) is 12.9. The van der Waals surface area contributed by atoms with Crippen LogP contribution in [0.2, 0.25) is 10.0 Å². The molecule has 0 spiro atoms. The van der Waals surface area contributed by atoms with Gasteiger partial charge in [-0.2, -0.15) is 0 Å². The minimum absolute atomic E-state index is 0.0309. The summed E-state index contributed by atoms with van der Waals surface area (Å²) in [5.41, 5.74) is 0.916. The van der Waals surface area contributed by atoms with Gasteiger partial charge in [0.2, 0.25) is 0 Å². The SMILES string of the molecule is CC(C)(C)COC(=O)NCCc1ccc(Cl)cc1Cl. The van der Waals surface area contributed by atoms with Gasteiger partial charge in [-0.05, 0) is 29.5 Å². The normalized spacial score (nSPS) is 11.2. The lowest BCUT2D eigenvalue weighted by molar-refractivity contribution is 0.106. The molecular formula is C14H19Cl2NO2. The van der Waals surface area contributed by atoms with Crippen LogP contribution >= 0.6 is 23.2 Å². The molecule has 0 aliphatic rings. The second-order valence-electron chi connectivity index (χ2n) is 5.55. The quantitative estimate of drug-likeness (QED) is 0.900. The second kappa shape index (κ2) is 7.01. The lowest BCUT2D eigenvalue weighted by Gasteiger charge is -2.18. The van der Waals surface area contributed by atoms with Gasteiger partial charge < -0.3 is 10.1 Å². The van der Waals surface area contributed by atoms with Gasteiger partial charge in [-0.15, -0.1) is 0 Å². The first kappa shape index (κ1) is 16.1. The van der Waals surface area contributed by atoms with Crippen molar-refractivity contribution in [2.45, 2.75) is 27.2 Å². The molecule has 1 N–H and O–H groups in total. The van der Waals surface area contributed by atoms with Crippen LogP contribution in [0.25, 0.3) is 0 Å². The first-order chi connectivity index (χ1) is 8.78. The number of carbonyl (C=O) groups is 1. The van der Waals surface area contributed by atoms with Gasteiger partial charge >= 0.3 is 6.09 Å². The minimum atomic E-state index is -0.403. The highest BCUT2D eigenvalue weighted by atomic mass is 35.5. The van der Waals surface area contributed by atoms with E-state index in [1.807, 2.05) is 26.8 Å². The maximum Gasteiger partial charge on any atom is 0.407 e. The molecular weight excluding hydrogens is 285 g/mol. The summed E-state index contributed by atoms with van der Waals surface area (Å²) in [6, 6.07) is 5.32. The van der Waals surface area contributed by atoms with Crippen molar-refractivity contribution < 1.29 is 9.53 Å². The molecule has 1 aromatic rings. The highest BCUT2D eigenvalue weighted by molar-refractivity contribution is 6.35. The number of nitrogens with one attached hydrogen (secondary N) is 1. The molecule has 0 saturated heterocycles. The Morgan fingerprint density at radius 1 is 1.32 bits per heavy atom. The van der Waals surface area contributed by atoms with Crippen LogP contribution in [0.3, 0.4) is 0 Å². The van der Waals surface area contributed by atoms with Crippen LogP contribution in [-0.2, 0) is 11.2 Å². The third-order valence-electron chi connectivity index (χ3n) is 2.32. The lowest BCUT2D eigenvalue weighted by atomic mass is 9.99. The molecule has 0 aliphatic heterocycles. The fraction of sp³-hybridized carbons (Fsp3) is 0.500. The molecule has 0 radical (unpaired) electrons. The average molecular weight is 304 g/mol. The van der Waals surface area contributed by atoms with Gasteiger partial charge in [0.25, 0.3) is 0 Å². The molecule has 0 fully saturated rings. The smallest absolute Gasteiger partial charge is 0.407 e. The number of carbonyl (C=O) groups excluding carboxylic acids is 1. The lowest BCUT2D eigenvalue weighted by Crippen LogP contribution is -2.29. The van der Waals surface area contributed by atoms with Crippen molar-refractivity contribution in [3.05, 3.63) is 33.8 Å². The Kier molecular flexibility index (Phi) is 5.95. The van der Waals surface area contributed by atoms with E-state index in [4.69, 9.17) is 27.9 Å². The van der Waals surface area contributed by atoms with Crippen molar-refractivity contribution in [3.63, 3.8) is 0 Å². The largest absolute Gasteiger partial charge is 0.449 e. The zero-order chi connectivity index (χ0) is 14.5. The molecule has 0 bridgehead atoms.